The summed E-state index contributed by atoms with van der Waals surface area (Å²) >= 11 is 0. The highest BCUT2D eigenvalue weighted by molar-refractivity contribution is 5.96. The number of rotatable bonds is 5. The summed E-state index contributed by atoms with van der Waals surface area (Å²) in [4.78, 5) is 13.8. The normalized spacial score (nSPS) is 12.2. The molecule has 0 saturated heterocycles. The van der Waals surface area contributed by atoms with E-state index >= 15 is 0 Å². The second-order valence-electron chi connectivity index (χ2n) is 6.24. The Balaban J connectivity index is 1.97. The molecular weight excluding hydrogens is 420 g/mol. The van der Waals surface area contributed by atoms with Crippen LogP contribution in [0.5, 0.6) is 11.5 Å². The molecule has 0 atom stereocenters. The molecule has 0 bridgehead atoms. The van der Waals surface area contributed by atoms with Crippen LogP contribution in [0.25, 0.3) is 10.9 Å². The first-order valence-electron chi connectivity index (χ1n) is 8.24. The van der Waals surface area contributed by atoms with Crippen molar-refractivity contribution in [3.05, 3.63) is 58.8 Å². The van der Waals surface area contributed by atoms with Gasteiger partial charge in [0.2, 0.25) is 0 Å². The standard InChI is InChI=1S/C19H13F6NO4/c1-29-10-5-14-11(7-15(26-14)17(27)28)16(6-10)30-8-9-2-3-12(18(20,21)22)13(4-9)19(23,24)25/h2-7,26H,8H2,1H3,(H,27,28). The number of carboxylic acid groups (broad SMARTS) is 1. The first kappa shape index (κ1) is 21.3. The number of hydrogen-bond donors (Lipinski definition) is 2. The van der Waals surface area contributed by atoms with Crippen LogP contribution in [0.3, 0.4) is 0 Å². The molecule has 0 aliphatic carbocycles. The number of aromatic amines is 1. The van der Waals surface area contributed by atoms with Gasteiger partial charge in [-0.25, -0.2) is 4.79 Å². The van der Waals surface area contributed by atoms with E-state index in [1.165, 1.54) is 25.3 Å². The lowest BCUT2D eigenvalue weighted by Gasteiger charge is -2.17. The number of nitrogens with one attached hydrogen (secondary N) is 1. The summed E-state index contributed by atoms with van der Waals surface area (Å²) in [7, 11) is 1.34. The van der Waals surface area contributed by atoms with Crippen molar-refractivity contribution in [1.82, 2.24) is 4.98 Å². The molecule has 5 nitrogen and oxygen atoms in total. The highest BCUT2D eigenvalue weighted by atomic mass is 19.4. The van der Waals surface area contributed by atoms with Gasteiger partial charge in [-0.3, -0.25) is 0 Å². The van der Waals surface area contributed by atoms with Crippen molar-refractivity contribution in [2.24, 2.45) is 0 Å². The number of aromatic nitrogens is 1. The van der Waals surface area contributed by atoms with E-state index in [1.54, 1.807) is 0 Å². The van der Waals surface area contributed by atoms with E-state index < -0.39 is 36.1 Å². The van der Waals surface area contributed by atoms with Gasteiger partial charge in [0.1, 0.15) is 23.8 Å². The Morgan fingerprint density at radius 1 is 1.00 bits per heavy atom. The molecule has 11 heteroatoms. The van der Waals surface area contributed by atoms with E-state index in [2.05, 4.69) is 4.98 Å². The van der Waals surface area contributed by atoms with E-state index in [-0.39, 0.29) is 22.8 Å². The van der Waals surface area contributed by atoms with Gasteiger partial charge in [-0.15, -0.1) is 0 Å². The molecule has 1 heterocycles. The van der Waals surface area contributed by atoms with Gasteiger partial charge >= 0.3 is 18.3 Å². The maximum atomic E-state index is 13.1. The number of methoxy groups -OCH3 is 1. The summed E-state index contributed by atoms with van der Waals surface area (Å²) in [6, 6.07) is 5.75. The largest absolute Gasteiger partial charge is 0.497 e. The van der Waals surface area contributed by atoms with E-state index in [4.69, 9.17) is 14.6 Å². The summed E-state index contributed by atoms with van der Waals surface area (Å²) in [5, 5.41) is 9.42. The highest BCUT2D eigenvalue weighted by Crippen LogP contribution is 2.41. The van der Waals surface area contributed by atoms with Crippen molar-refractivity contribution >= 4 is 16.9 Å². The van der Waals surface area contributed by atoms with E-state index in [0.29, 0.717) is 23.0 Å². The summed E-state index contributed by atoms with van der Waals surface area (Å²) in [6.45, 7) is -0.489. The number of halogens is 6. The third-order valence-corrected chi connectivity index (χ3v) is 4.23. The van der Waals surface area contributed by atoms with Crippen molar-refractivity contribution in [3.63, 3.8) is 0 Å². The fourth-order valence-corrected chi connectivity index (χ4v) is 2.86. The molecule has 0 fully saturated rings. The molecule has 0 aliphatic rings. The van der Waals surface area contributed by atoms with Crippen LogP contribution in [0, 0.1) is 0 Å². The first-order chi connectivity index (χ1) is 13.9. The number of benzene rings is 2. The minimum atomic E-state index is -5.21. The molecule has 0 unspecified atom stereocenters. The molecule has 30 heavy (non-hydrogen) atoms. The second kappa shape index (κ2) is 7.47. The van der Waals surface area contributed by atoms with Gasteiger partial charge in [-0.05, 0) is 23.8 Å². The minimum absolute atomic E-state index is 0.0848. The molecule has 0 spiro atoms. The van der Waals surface area contributed by atoms with Gasteiger partial charge in [0.25, 0.3) is 0 Å². The molecule has 3 aromatic rings. The summed E-state index contributed by atoms with van der Waals surface area (Å²) in [6.07, 6.45) is -10.4. The molecule has 0 amide bonds. The summed E-state index contributed by atoms with van der Waals surface area (Å²) in [5.74, 6) is -0.880. The van der Waals surface area contributed by atoms with Gasteiger partial charge in [-0.1, -0.05) is 6.07 Å². The topological polar surface area (TPSA) is 71.6 Å². The van der Waals surface area contributed by atoms with Crippen LogP contribution in [0.2, 0.25) is 0 Å². The highest BCUT2D eigenvalue weighted by Gasteiger charge is 2.43. The summed E-state index contributed by atoms with van der Waals surface area (Å²) in [5.41, 5.74) is -3.58. The fraction of sp³-hybridized carbons (Fsp3) is 0.211. The maximum absolute atomic E-state index is 13.1. The molecule has 0 saturated carbocycles. The molecule has 0 radical (unpaired) electrons. The lowest BCUT2D eigenvalue weighted by Crippen LogP contribution is -2.17. The lowest BCUT2D eigenvalue weighted by atomic mass is 10.0. The monoisotopic (exact) mass is 433 g/mol. The Morgan fingerprint density at radius 2 is 1.67 bits per heavy atom. The van der Waals surface area contributed by atoms with Crippen LogP contribution >= 0.6 is 0 Å². The Hall–Kier alpha value is -3.37. The Bertz CT molecular complexity index is 1100. The molecule has 0 aliphatic heterocycles. The average Bonchev–Trinajstić information content (AvgIpc) is 3.09. The van der Waals surface area contributed by atoms with Crippen LogP contribution in [-0.4, -0.2) is 23.2 Å². The van der Waals surface area contributed by atoms with Crippen molar-refractivity contribution in [3.8, 4) is 11.5 Å². The number of alkyl halides is 6. The Morgan fingerprint density at radius 3 is 2.23 bits per heavy atom. The van der Waals surface area contributed by atoms with Crippen molar-refractivity contribution in [2.45, 2.75) is 19.0 Å². The lowest BCUT2D eigenvalue weighted by molar-refractivity contribution is -0.162. The third kappa shape index (κ3) is 4.29. The molecule has 2 aromatic carbocycles. The minimum Gasteiger partial charge on any atom is -0.497 e. The zero-order chi connectivity index (χ0) is 22.3. The maximum Gasteiger partial charge on any atom is 0.417 e. The number of fused-ring (bicyclic) bond motifs is 1. The predicted octanol–water partition coefficient (Wildman–Crippen LogP) is 5.49. The number of H-pyrrole nitrogens is 1. The number of ether oxygens (including phenoxy) is 2. The van der Waals surface area contributed by atoms with Gasteiger partial charge < -0.3 is 19.6 Å². The van der Waals surface area contributed by atoms with Crippen LogP contribution in [0.4, 0.5) is 26.3 Å². The fourth-order valence-electron chi connectivity index (χ4n) is 2.86. The van der Waals surface area contributed by atoms with Crippen LogP contribution in [0.15, 0.2) is 36.4 Å². The molecule has 160 valence electrons. The number of carboxylic acids is 1. The summed E-state index contributed by atoms with van der Waals surface area (Å²) < 4.78 is 88.5. The SMILES string of the molecule is COc1cc(OCc2ccc(C(F)(F)F)c(C(F)(F)F)c2)c2cc(C(=O)O)[nH]c2c1. The Labute approximate surface area is 164 Å². The van der Waals surface area contributed by atoms with E-state index in [0.717, 1.165) is 6.07 Å². The van der Waals surface area contributed by atoms with Crippen LogP contribution in [-0.2, 0) is 19.0 Å². The van der Waals surface area contributed by atoms with E-state index in [9.17, 15) is 31.1 Å². The molecule has 2 N–H and O–H groups in total. The smallest absolute Gasteiger partial charge is 0.417 e. The van der Waals surface area contributed by atoms with Crippen molar-refractivity contribution < 1.29 is 45.7 Å². The molecule has 1 aromatic heterocycles. The predicted molar refractivity (Wildman–Crippen MR) is 92.6 cm³/mol. The van der Waals surface area contributed by atoms with Gasteiger partial charge in [0, 0.05) is 17.5 Å². The second-order valence-corrected chi connectivity index (χ2v) is 6.24. The first-order valence-corrected chi connectivity index (χ1v) is 8.24. The zero-order valence-electron chi connectivity index (χ0n) is 15.1. The Kier molecular flexibility index (Phi) is 5.31. The van der Waals surface area contributed by atoms with Gasteiger partial charge in [0.05, 0.1) is 23.8 Å². The van der Waals surface area contributed by atoms with Crippen LogP contribution < -0.4 is 9.47 Å². The van der Waals surface area contributed by atoms with Gasteiger partial charge in [0.15, 0.2) is 0 Å². The molecular formula is C19H13F6NO4. The van der Waals surface area contributed by atoms with Gasteiger partial charge in [-0.2, -0.15) is 26.3 Å². The average molecular weight is 433 g/mol. The number of carbonyl (C=O) groups is 1. The molecule has 3 rings (SSSR count). The zero-order valence-corrected chi connectivity index (χ0v) is 15.1. The quantitative estimate of drug-likeness (QED) is 0.522. The van der Waals surface area contributed by atoms with Crippen LogP contribution in [0.1, 0.15) is 27.2 Å². The van der Waals surface area contributed by atoms with E-state index in [1.807, 2.05) is 0 Å². The van der Waals surface area contributed by atoms with Crippen molar-refractivity contribution in [2.75, 3.05) is 7.11 Å². The third-order valence-electron chi connectivity index (χ3n) is 4.23. The number of hydrogen-bond acceptors (Lipinski definition) is 3. The van der Waals surface area contributed by atoms with Crippen molar-refractivity contribution in [1.29, 1.82) is 0 Å². The number of aromatic carboxylic acids is 1.